The van der Waals surface area contributed by atoms with Crippen molar-refractivity contribution in [2.45, 2.75) is 110 Å². The molecular formula is C29H45N3O9. The maximum atomic E-state index is 13.2. The minimum absolute atomic E-state index is 0.0539. The smallest absolute Gasteiger partial charge is 0.407 e. The molecule has 0 aliphatic carbocycles. The molecule has 1 aromatic carbocycles. The SMILES string of the molecule is CCCC(C)OC(=O)CCC(=O)N[C@@H](CCNC(=O)OC(C)(C)C)C(=O)N[C@H](C(=O)OCc1ccccc1)C(C)O. The minimum atomic E-state index is -1.42. The van der Waals surface area contributed by atoms with Gasteiger partial charge in [0.25, 0.3) is 0 Å². The van der Waals surface area contributed by atoms with Crippen LogP contribution < -0.4 is 16.0 Å². The maximum absolute atomic E-state index is 13.2. The first kappa shape index (κ1) is 35.4. The van der Waals surface area contributed by atoms with Gasteiger partial charge in [0.1, 0.15) is 18.2 Å². The Balaban J connectivity index is 2.85. The van der Waals surface area contributed by atoms with E-state index in [-0.39, 0.29) is 38.5 Å². The Morgan fingerprint density at radius 2 is 1.61 bits per heavy atom. The Labute approximate surface area is 241 Å². The zero-order valence-electron chi connectivity index (χ0n) is 24.9. The molecule has 2 unspecified atom stereocenters. The summed E-state index contributed by atoms with van der Waals surface area (Å²) in [5.74, 6) is -2.80. The van der Waals surface area contributed by atoms with E-state index in [1.807, 2.05) is 13.0 Å². The number of hydrogen-bond donors (Lipinski definition) is 4. The van der Waals surface area contributed by atoms with Crippen molar-refractivity contribution in [2.24, 2.45) is 0 Å². The highest BCUT2D eigenvalue weighted by Gasteiger charge is 2.31. The summed E-state index contributed by atoms with van der Waals surface area (Å²) >= 11 is 0. The van der Waals surface area contributed by atoms with Gasteiger partial charge in [-0.25, -0.2) is 9.59 Å². The number of esters is 2. The van der Waals surface area contributed by atoms with Crippen LogP contribution in [0.1, 0.15) is 79.2 Å². The normalized spacial score (nSPS) is 14.0. The molecule has 0 fully saturated rings. The van der Waals surface area contributed by atoms with Crippen LogP contribution in [0.25, 0.3) is 0 Å². The summed E-state index contributed by atoms with van der Waals surface area (Å²) in [6.45, 7) is 10.0. The lowest BCUT2D eigenvalue weighted by atomic mass is 10.1. The summed E-state index contributed by atoms with van der Waals surface area (Å²) in [5.41, 5.74) is -0.0133. The van der Waals surface area contributed by atoms with Crippen molar-refractivity contribution >= 4 is 29.8 Å². The number of amides is 3. The molecule has 1 rings (SSSR count). The molecule has 0 aromatic heterocycles. The molecule has 230 valence electrons. The quantitative estimate of drug-likeness (QED) is 0.170. The third kappa shape index (κ3) is 15.6. The summed E-state index contributed by atoms with van der Waals surface area (Å²) in [5, 5.41) is 17.6. The van der Waals surface area contributed by atoms with Crippen LogP contribution in [0.15, 0.2) is 30.3 Å². The highest BCUT2D eigenvalue weighted by molar-refractivity contribution is 5.91. The van der Waals surface area contributed by atoms with Gasteiger partial charge in [-0.15, -0.1) is 0 Å². The van der Waals surface area contributed by atoms with Crippen molar-refractivity contribution in [3.8, 4) is 0 Å². The predicted molar refractivity (Wildman–Crippen MR) is 150 cm³/mol. The first-order valence-electron chi connectivity index (χ1n) is 13.9. The minimum Gasteiger partial charge on any atom is -0.463 e. The van der Waals surface area contributed by atoms with E-state index < -0.39 is 53.6 Å². The molecule has 12 heteroatoms. The van der Waals surface area contributed by atoms with Crippen LogP contribution in [0.3, 0.4) is 0 Å². The average Bonchev–Trinajstić information content (AvgIpc) is 2.88. The van der Waals surface area contributed by atoms with Crippen molar-refractivity contribution in [3.05, 3.63) is 35.9 Å². The second kappa shape index (κ2) is 17.9. The zero-order chi connectivity index (χ0) is 31.0. The van der Waals surface area contributed by atoms with Crippen LogP contribution in [0, 0.1) is 0 Å². The summed E-state index contributed by atoms with van der Waals surface area (Å²) < 4.78 is 15.7. The molecule has 4 atom stereocenters. The highest BCUT2D eigenvalue weighted by Crippen LogP contribution is 2.08. The van der Waals surface area contributed by atoms with E-state index in [2.05, 4.69) is 16.0 Å². The van der Waals surface area contributed by atoms with Crippen molar-refractivity contribution in [3.63, 3.8) is 0 Å². The van der Waals surface area contributed by atoms with Crippen molar-refractivity contribution in [2.75, 3.05) is 6.54 Å². The molecule has 41 heavy (non-hydrogen) atoms. The van der Waals surface area contributed by atoms with Gasteiger partial charge in [0.15, 0.2) is 6.04 Å². The molecule has 12 nitrogen and oxygen atoms in total. The lowest BCUT2D eigenvalue weighted by Gasteiger charge is -2.25. The Bertz CT molecular complexity index is 993. The van der Waals surface area contributed by atoms with E-state index in [1.54, 1.807) is 52.0 Å². The number of aliphatic hydroxyl groups excluding tert-OH is 1. The molecule has 0 spiro atoms. The number of hydrogen-bond acceptors (Lipinski definition) is 9. The van der Waals surface area contributed by atoms with Gasteiger partial charge in [-0.05, 0) is 53.0 Å². The highest BCUT2D eigenvalue weighted by atomic mass is 16.6. The van der Waals surface area contributed by atoms with Gasteiger partial charge in [0, 0.05) is 13.0 Å². The van der Waals surface area contributed by atoms with E-state index in [4.69, 9.17) is 14.2 Å². The van der Waals surface area contributed by atoms with E-state index in [9.17, 15) is 29.1 Å². The number of nitrogens with one attached hydrogen (secondary N) is 3. The lowest BCUT2D eigenvalue weighted by molar-refractivity contribution is -0.152. The first-order chi connectivity index (χ1) is 19.2. The van der Waals surface area contributed by atoms with Crippen LogP contribution in [0.2, 0.25) is 0 Å². The van der Waals surface area contributed by atoms with Crippen molar-refractivity contribution < 1.29 is 43.3 Å². The number of alkyl carbamates (subject to hydrolysis) is 1. The monoisotopic (exact) mass is 579 g/mol. The second-order valence-corrected chi connectivity index (χ2v) is 10.7. The Morgan fingerprint density at radius 1 is 0.951 bits per heavy atom. The van der Waals surface area contributed by atoms with Gasteiger partial charge in [-0.3, -0.25) is 14.4 Å². The number of carbonyl (C=O) groups excluding carboxylic acids is 5. The topological polar surface area (TPSA) is 169 Å². The number of benzene rings is 1. The Kier molecular flexibility index (Phi) is 15.4. The maximum Gasteiger partial charge on any atom is 0.407 e. The number of aliphatic hydroxyl groups is 1. The van der Waals surface area contributed by atoms with Crippen LogP contribution >= 0.6 is 0 Å². The molecular weight excluding hydrogens is 534 g/mol. The van der Waals surface area contributed by atoms with Gasteiger partial charge >= 0.3 is 18.0 Å². The zero-order valence-corrected chi connectivity index (χ0v) is 24.9. The van der Waals surface area contributed by atoms with Crippen LogP contribution in [0.5, 0.6) is 0 Å². The molecule has 0 saturated carbocycles. The van der Waals surface area contributed by atoms with Crippen molar-refractivity contribution in [1.29, 1.82) is 0 Å². The number of carbonyl (C=O) groups is 5. The third-order valence-corrected chi connectivity index (χ3v) is 5.59. The molecule has 1 aromatic rings. The van der Waals surface area contributed by atoms with Gasteiger partial charge in [0.05, 0.1) is 18.6 Å². The van der Waals surface area contributed by atoms with E-state index in [0.717, 1.165) is 12.0 Å². The van der Waals surface area contributed by atoms with Gasteiger partial charge in [0.2, 0.25) is 11.8 Å². The van der Waals surface area contributed by atoms with Crippen LogP contribution in [-0.4, -0.2) is 71.4 Å². The molecule has 4 N–H and O–H groups in total. The fraction of sp³-hybridized carbons (Fsp3) is 0.621. The van der Waals surface area contributed by atoms with E-state index in [0.29, 0.717) is 6.42 Å². The molecule has 0 aliphatic rings. The first-order valence-corrected chi connectivity index (χ1v) is 13.9. The summed E-state index contributed by atoms with van der Waals surface area (Å²) in [4.78, 5) is 62.5. The Hall–Kier alpha value is -3.67. The average molecular weight is 580 g/mol. The molecule has 0 heterocycles. The number of rotatable bonds is 16. The van der Waals surface area contributed by atoms with Crippen molar-refractivity contribution in [1.82, 2.24) is 16.0 Å². The fourth-order valence-electron chi connectivity index (χ4n) is 3.58. The molecule has 0 saturated heterocycles. The summed E-state index contributed by atoms with van der Waals surface area (Å²) in [7, 11) is 0. The standard InChI is InChI=1S/C29H45N3O9/c1-7-11-19(2)40-24(35)15-14-23(34)31-22(16-17-30-28(38)41-29(4,5)6)26(36)32-25(20(3)33)27(37)39-18-21-12-9-8-10-13-21/h8-10,12-13,19-20,22,25,33H,7,11,14-18H2,1-6H3,(H,30,38)(H,31,34)(H,32,36)/t19?,20?,22-,25-/m0/s1. The van der Waals surface area contributed by atoms with E-state index in [1.165, 1.54) is 6.92 Å². The Morgan fingerprint density at radius 3 is 2.20 bits per heavy atom. The van der Waals surface area contributed by atoms with Gasteiger partial charge in [-0.2, -0.15) is 0 Å². The molecule has 0 bridgehead atoms. The lowest BCUT2D eigenvalue weighted by Crippen LogP contribution is -2.55. The fourth-order valence-corrected chi connectivity index (χ4v) is 3.58. The van der Waals surface area contributed by atoms with Gasteiger partial charge < -0.3 is 35.3 Å². The third-order valence-electron chi connectivity index (χ3n) is 5.59. The van der Waals surface area contributed by atoms with Gasteiger partial charge in [-0.1, -0.05) is 43.7 Å². The van der Waals surface area contributed by atoms with Crippen LogP contribution in [0.4, 0.5) is 4.79 Å². The summed E-state index contributed by atoms with van der Waals surface area (Å²) in [6, 6.07) is 6.25. The van der Waals surface area contributed by atoms with Crippen LogP contribution in [-0.2, 0) is 40.0 Å². The largest absolute Gasteiger partial charge is 0.463 e. The molecule has 0 radical (unpaired) electrons. The molecule has 0 aliphatic heterocycles. The molecule has 3 amide bonds. The second-order valence-electron chi connectivity index (χ2n) is 10.7. The summed E-state index contributed by atoms with van der Waals surface area (Å²) in [6.07, 6.45) is -1.24. The predicted octanol–water partition coefficient (Wildman–Crippen LogP) is 2.51. The van der Waals surface area contributed by atoms with E-state index >= 15 is 0 Å². The number of ether oxygens (including phenoxy) is 3.